The van der Waals surface area contributed by atoms with Gasteiger partial charge in [0, 0.05) is 40.4 Å². The summed E-state index contributed by atoms with van der Waals surface area (Å²) in [5.41, 5.74) is 3.19. The van der Waals surface area contributed by atoms with Crippen LogP contribution in [0.1, 0.15) is 63.1 Å². The first kappa shape index (κ1) is 30.2. The van der Waals surface area contributed by atoms with Crippen LogP contribution in [-0.2, 0) is 4.74 Å². The summed E-state index contributed by atoms with van der Waals surface area (Å²) in [5.74, 6) is -1.62. The number of phenols is 1. The van der Waals surface area contributed by atoms with Gasteiger partial charge >= 0.3 is 0 Å². The van der Waals surface area contributed by atoms with Crippen molar-refractivity contribution in [3.63, 3.8) is 0 Å². The zero-order chi connectivity index (χ0) is 33.0. The van der Waals surface area contributed by atoms with Crippen LogP contribution in [0.5, 0.6) is 11.5 Å². The quantitative estimate of drug-likeness (QED) is 0.125. The smallest absolute Gasteiger partial charge is 0.229 e. The largest absolute Gasteiger partial charge is 0.507 e. The molecule has 2 aromatic carbocycles. The molecule has 5 bridgehead atoms. The first-order chi connectivity index (χ1) is 22.5. The molecule has 1 saturated carbocycles. The fraction of sp³-hybridized carbons (Fsp3) is 0.424. The summed E-state index contributed by atoms with van der Waals surface area (Å²) in [5, 5.41) is 71.3. The number of aromatic nitrogens is 1. The number of phenolic OH excluding ortho intramolecular Hbond substituents is 1. The van der Waals surface area contributed by atoms with E-state index in [1.165, 1.54) is 30.5 Å². The molecule has 3 aliphatic heterocycles. The Balaban J connectivity index is 1.39. The van der Waals surface area contributed by atoms with Gasteiger partial charge in [-0.1, -0.05) is 12.8 Å². The van der Waals surface area contributed by atoms with E-state index in [9.17, 15) is 40.2 Å². The zero-order valence-corrected chi connectivity index (χ0v) is 25.2. The summed E-state index contributed by atoms with van der Waals surface area (Å²) in [6, 6.07) is 5.91. The number of rotatable bonds is 0. The Bertz CT molecular complexity index is 1890. The standard InChI is InChI=1S/C33H34N4O10/c1-13-8-16-21(17(38)9-13)25(41)23-18-10-15-14(22(23)24(16)40)4-7-34-29(15)35-12-20(39)32(5-2-3-6-32)19-11-33(31(45)37-36-19)28(44)26(42)27(43)30(46-18)47-33/h4,7-11,20,26-28,30-31,36-39,42-45H,2-3,5-6,12H2,1H3,(H,34,35)/t20-,26-,27-,28+,30-,31-,33-/m1/s1. The summed E-state index contributed by atoms with van der Waals surface area (Å²) in [6.07, 6.45) is -4.58. The van der Waals surface area contributed by atoms with E-state index in [1.54, 1.807) is 13.0 Å². The molecule has 5 aliphatic rings. The highest BCUT2D eigenvalue weighted by Gasteiger charge is 2.60. The number of anilines is 1. The lowest BCUT2D eigenvalue weighted by molar-refractivity contribution is -0.322. The number of hydrazine groups is 1. The molecule has 1 aromatic heterocycles. The molecule has 7 atom stereocenters. The molecule has 0 radical (unpaired) electrons. The second-order valence-electron chi connectivity index (χ2n) is 13.1. The Kier molecular flexibility index (Phi) is 6.70. The summed E-state index contributed by atoms with van der Waals surface area (Å²) in [7, 11) is 0. The van der Waals surface area contributed by atoms with Crippen LogP contribution < -0.4 is 20.9 Å². The predicted octanol–water partition coefficient (Wildman–Crippen LogP) is 0.238. The van der Waals surface area contributed by atoms with Gasteiger partial charge in [-0.25, -0.2) is 10.4 Å². The number of aryl methyl sites for hydroxylation is 1. The number of β-amino-alcohol motifs (C(OH)–C–C–N with tert-alkyl or cyclic N) is 1. The van der Waals surface area contributed by atoms with Crippen molar-refractivity contribution < 1.29 is 49.7 Å². The molecule has 2 aliphatic carbocycles. The van der Waals surface area contributed by atoms with E-state index in [0.717, 1.165) is 12.8 Å². The van der Waals surface area contributed by atoms with Gasteiger partial charge in [-0.05, 0) is 61.1 Å². The minimum atomic E-state index is -2.09. The Hall–Kier alpha value is -4.15. The average Bonchev–Trinajstić information content (AvgIpc) is 3.55. The number of aliphatic hydroxyl groups is 5. The number of hydrogen-bond donors (Lipinski definition) is 9. The number of nitrogens with one attached hydrogen (secondary N) is 3. The fourth-order valence-electron chi connectivity index (χ4n) is 8.00. The monoisotopic (exact) mass is 646 g/mol. The van der Waals surface area contributed by atoms with Crippen LogP contribution in [0.4, 0.5) is 5.82 Å². The molecule has 2 spiro atoms. The van der Waals surface area contributed by atoms with Gasteiger partial charge in [0.1, 0.15) is 35.6 Å². The number of ether oxygens (including phenoxy) is 2. The number of ketones is 2. The van der Waals surface area contributed by atoms with Crippen LogP contribution in [0.25, 0.3) is 10.8 Å². The number of aromatic hydroxyl groups is 1. The first-order valence-electron chi connectivity index (χ1n) is 15.6. The van der Waals surface area contributed by atoms with E-state index >= 15 is 0 Å². The minimum Gasteiger partial charge on any atom is -0.507 e. The van der Waals surface area contributed by atoms with Crippen LogP contribution >= 0.6 is 0 Å². The van der Waals surface area contributed by atoms with Gasteiger partial charge < -0.3 is 50.9 Å². The third kappa shape index (κ3) is 4.13. The molecule has 2 fully saturated rings. The highest BCUT2D eigenvalue weighted by atomic mass is 16.7. The Morgan fingerprint density at radius 1 is 0.936 bits per heavy atom. The molecule has 14 nitrogen and oxygen atoms in total. The van der Waals surface area contributed by atoms with Crippen LogP contribution in [0.3, 0.4) is 0 Å². The van der Waals surface area contributed by atoms with Gasteiger partial charge in [0.25, 0.3) is 0 Å². The molecule has 9 N–H and O–H groups in total. The molecule has 14 heteroatoms. The third-order valence-corrected chi connectivity index (χ3v) is 10.5. The van der Waals surface area contributed by atoms with Crippen LogP contribution in [-0.4, -0.2) is 96.3 Å². The maximum atomic E-state index is 14.2. The minimum absolute atomic E-state index is 0.00408. The summed E-state index contributed by atoms with van der Waals surface area (Å²) in [4.78, 5) is 32.9. The van der Waals surface area contributed by atoms with Crippen molar-refractivity contribution in [3.8, 4) is 11.5 Å². The predicted molar refractivity (Wildman–Crippen MR) is 163 cm³/mol. The van der Waals surface area contributed by atoms with Crippen molar-refractivity contribution in [1.82, 2.24) is 15.8 Å². The van der Waals surface area contributed by atoms with E-state index < -0.39 is 65.3 Å². The van der Waals surface area contributed by atoms with Crippen molar-refractivity contribution in [2.45, 2.75) is 75.1 Å². The number of fused-ring (bicyclic) bond motifs is 7. The summed E-state index contributed by atoms with van der Waals surface area (Å²) >= 11 is 0. The molecule has 3 aromatic rings. The van der Waals surface area contributed by atoms with Crippen LogP contribution in [0.15, 0.2) is 42.2 Å². The normalized spacial score (nSPS) is 32.5. The molecule has 4 heterocycles. The average molecular weight is 647 g/mol. The lowest BCUT2D eigenvalue weighted by Gasteiger charge is -2.52. The maximum Gasteiger partial charge on any atom is 0.229 e. The molecular formula is C33H34N4O10. The zero-order valence-electron chi connectivity index (χ0n) is 25.2. The number of carbonyl (C=O) groups is 2. The van der Waals surface area contributed by atoms with Gasteiger partial charge in [-0.2, -0.15) is 0 Å². The second kappa shape index (κ2) is 10.4. The molecule has 47 heavy (non-hydrogen) atoms. The highest BCUT2D eigenvalue weighted by Crippen LogP contribution is 2.50. The third-order valence-electron chi connectivity index (χ3n) is 10.5. The van der Waals surface area contributed by atoms with E-state index in [1.807, 2.05) is 0 Å². The maximum absolute atomic E-state index is 14.2. The summed E-state index contributed by atoms with van der Waals surface area (Å²) < 4.78 is 12.4. The summed E-state index contributed by atoms with van der Waals surface area (Å²) in [6.45, 7) is 1.69. The Morgan fingerprint density at radius 2 is 1.70 bits per heavy atom. The van der Waals surface area contributed by atoms with E-state index in [-0.39, 0.29) is 40.4 Å². The lowest BCUT2D eigenvalue weighted by atomic mass is 9.73. The van der Waals surface area contributed by atoms with E-state index in [0.29, 0.717) is 34.9 Å². The second-order valence-corrected chi connectivity index (χ2v) is 13.1. The van der Waals surface area contributed by atoms with Gasteiger partial charge in [0.05, 0.1) is 17.2 Å². The van der Waals surface area contributed by atoms with Gasteiger partial charge in [-0.15, -0.1) is 0 Å². The van der Waals surface area contributed by atoms with Gasteiger partial charge in [0.15, 0.2) is 17.6 Å². The lowest BCUT2D eigenvalue weighted by Crippen LogP contribution is -2.74. The first-order valence-corrected chi connectivity index (χ1v) is 15.6. The van der Waals surface area contributed by atoms with Gasteiger partial charge in [0.2, 0.25) is 12.1 Å². The fourth-order valence-corrected chi connectivity index (χ4v) is 8.00. The number of pyridine rings is 1. The van der Waals surface area contributed by atoms with E-state index in [2.05, 4.69) is 21.2 Å². The number of nitrogens with zero attached hydrogens (tertiary/aromatic N) is 1. The number of benzene rings is 2. The molecule has 0 amide bonds. The molecule has 0 unspecified atom stereocenters. The topological polar surface area (TPSA) is 223 Å². The Morgan fingerprint density at radius 3 is 2.47 bits per heavy atom. The number of hydrogen-bond acceptors (Lipinski definition) is 14. The van der Waals surface area contributed by atoms with Crippen LogP contribution in [0.2, 0.25) is 0 Å². The number of carbonyl (C=O) groups excluding carboxylic acids is 2. The molecular weight excluding hydrogens is 612 g/mol. The van der Waals surface area contributed by atoms with Crippen molar-refractivity contribution in [1.29, 1.82) is 0 Å². The van der Waals surface area contributed by atoms with Crippen molar-refractivity contribution in [2.75, 3.05) is 11.9 Å². The molecule has 8 rings (SSSR count). The van der Waals surface area contributed by atoms with Crippen molar-refractivity contribution in [2.24, 2.45) is 5.41 Å². The SMILES string of the molecule is Cc1cc(O)c2c(c1)C(=O)c1c(c3cc4c(nccc14)NC[C@@H](O)C1(CCCC1)C1=C[C@]4(O[C@@H](O3)[C@H](O)[C@@H](O)[C@@H]4O)[C@@H](O)NN1)C2=O. The van der Waals surface area contributed by atoms with E-state index in [4.69, 9.17) is 9.47 Å². The van der Waals surface area contributed by atoms with Crippen molar-refractivity contribution >= 4 is 28.2 Å². The number of aliphatic hydroxyl groups excluding tert-OH is 5. The molecule has 1 saturated heterocycles. The molecule has 246 valence electrons. The van der Waals surface area contributed by atoms with Crippen LogP contribution in [0, 0.1) is 12.3 Å². The Labute approximate surface area is 267 Å². The van der Waals surface area contributed by atoms with Gasteiger partial charge in [-0.3, -0.25) is 9.59 Å². The van der Waals surface area contributed by atoms with Crippen molar-refractivity contribution in [3.05, 3.63) is 70.1 Å². The highest BCUT2D eigenvalue weighted by molar-refractivity contribution is 6.34.